The first-order chi connectivity index (χ1) is 10.0. The number of carbonyl (C=O) groups excluding carboxylic acids is 1. The maximum atomic E-state index is 13.9. The van der Waals surface area contributed by atoms with E-state index in [1.165, 1.54) is 12.3 Å². The molecule has 1 saturated heterocycles. The van der Waals surface area contributed by atoms with Crippen LogP contribution in [-0.4, -0.2) is 41.5 Å². The average molecular weight is 295 g/mol. The number of rotatable bonds is 5. The van der Waals surface area contributed by atoms with Gasteiger partial charge in [0.1, 0.15) is 0 Å². The second-order valence-corrected chi connectivity index (χ2v) is 5.62. The molecule has 1 aromatic heterocycles. The van der Waals surface area contributed by atoms with Gasteiger partial charge in [-0.3, -0.25) is 4.79 Å². The molecule has 1 unspecified atom stereocenters. The van der Waals surface area contributed by atoms with Crippen molar-refractivity contribution >= 4 is 11.7 Å². The molecule has 6 nitrogen and oxygen atoms in total. The fourth-order valence-electron chi connectivity index (χ4n) is 2.55. The van der Waals surface area contributed by atoms with E-state index in [1.807, 2.05) is 0 Å². The van der Waals surface area contributed by atoms with Crippen LogP contribution in [-0.2, 0) is 0 Å². The van der Waals surface area contributed by atoms with Crippen LogP contribution in [0.15, 0.2) is 12.3 Å². The third kappa shape index (κ3) is 3.68. The normalized spacial score (nSPS) is 19.0. The lowest BCUT2D eigenvalue weighted by Crippen LogP contribution is -2.33. The Morgan fingerprint density at radius 3 is 3.00 bits per heavy atom. The van der Waals surface area contributed by atoms with Crippen molar-refractivity contribution in [2.24, 2.45) is 11.8 Å². The molecule has 0 spiro atoms. The molecule has 4 N–H and O–H groups in total. The highest BCUT2D eigenvalue weighted by Crippen LogP contribution is 2.18. The van der Waals surface area contributed by atoms with Crippen LogP contribution in [0.25, 0.3) is 0 Å². The van der Waals surface area contributed by atoms with Gasteiger partial charge in [-0.25, -0.2) is 15.2 Å². The van der Waals surface area contributed by atoms with Crippen molar-refractivity contribution in [1.82, 2.24) is 15.2 Å². The Balaban J connectivity index is 1.91. The molecule has 0 aliphatic carbocycles. The van der Waals surface area contributed by atoms with Gasteiger partial charge in [0.15, 0.2) is 11.6 Å². The number of hydrogen-bond donors (Lipinski definition) is 3. The van der Waals surface area contributed by atoms with E-state index in [-0.39, 0.29) is 11.4 Å². The highest BCUT2D eigenvalue weighted by molar-refractivity contribution is 5.95. The van der Waals surface area contributed by atoms with Gasteiger partial charge in [0, 0.05) is 25.3 Å². The Hall–Kier alpha value is -1.73. The monoisotopic (exact) mass is 295 g/mol. The third-order valence-electron chi connectivity index (χ3n) is 3.87. The minimum atomic E-state index is -0.729. The van der Waals surface area contributed by atoms with Crippen LogP contribution < -0.4 is 16.6 Å². The fourth-order valence-corrected chi connectivity index (χ4v) is 2.55. The van der Waals surface area contributed by atoms with Crippen molar-refractivity contribution in [1.29, 1.82) is 0 Å². The zero-order chi connectivity index (χ0) is 15.4. The molecule has 2 rings (SSSR count). The number of nitrogens with zero attached hydrogens (tertiary/aromatic N) is 2. The molecule has 0 bridgehead atoms. The van der Waals surface area contributed by atoms with Crippen molar-refractivity contribution in [2.45, 2.75) is 26.3 Å². The lowest BCUT2D eigenvalue weighted by atomic mass is 10.1. The zero-order valence-corrected chi connectivity index (χ0v) is 12.4. The number of hydrazine groups is 1. The van der Waals surface area contributed by atoms with Crippen molar-refractivity contribution in [3.05, 3.63) is 23.6 Å². The molecule has 0 radical (unpaired) electrons. The number of nitrogen functional groups attached to an aromatic ring is 1. The molecule has 1 aromatic rings. The number of hydrogen-bond acceptors (Lipinski definition) is 5. The van der Waals surface area contributed by atoms with Crippen LogP contribution in [0.5, 0.6) is 0 Å². The van der Waals surface area contributed by atoms with Gasteiger partial charge in [0.2, 0.25) is 0 Å². The van der Waals surface area contributed by atoms with Gasteiger partial charge < -0.3 is 15.6 Å². The lowest BCUT2D eigenvalue weighted by Gasteiger charge is -2.20. The molecule has 7 heteroatoms. The topological polar surface area (TPSA) is 83.3 Å². The van der Waals surface area contributed by atoms with E-state index in [0.29, 0.717) is 18.5 Å². The Bertz CT molecular complexity index is 508. The van der Waals surface area contributed by atoms with Crippen molar-refractivity contribution < 1.29 is 9.18 Å². The van der Waals surface area contributed by atoms with Crippen LogP contribution in [0.1, 0.15) is 30.6 Å². The van der Waals surface area contributed by atoms with Crippen molar-refractivity contribution in [3.63, 3.8) is 0 Å². The second-order valence-electron chi connectivity index (χ2n) is 5.62. The van der Waals surface area contributed by atoms with E-state index in [1.54, 1.807) is 0 Å². The Kier molecular flexibility index (Phi) is 5.08. The quantitative estimate of drug-likeness (QED) is 0.557. The summed E-state index contributed by atoms with van der Waals surface area (Å²) in [6.07, 6.45) is 2.40. The summed E-state index contributed by atoms with van der Waals surface area (Å²) in [7, 11) is 0. The molecule has 1 fully saturated rings. The summed E-state index contributed by atoms with van der Waals surface area (Å²) in [6, 6.07) is 1.86. The van der Waals surface area contributed by atoms with Gasteiger partial charge in [-0.1, -0.05) is 0 Å². The summed E-state index contributed by atoms with van der Waals surface area (Å²) >= 11 is 0. The largest absolute Gasteiger partial charge is 0.352 e. The summed E-state index contributed by atoms with van der Waals surface area (Å²) < 4.78 is 13.9. The SMILES string of the molecule is CC(C)N1CCC(CNC(=O)c2ccnc(NN)c2F)C1. The average Bonchev–Trinajstić information content (AvgIpc) is 2.94. The number of pyridine rings is 1. The van der Waals surface area contributed by atoms with Gasteiger partial charge in [0.05, 0.1) is 5.56 Å². The molecule has 1 aliphatic heterocycles. The van der Waals surface area contributed by atoms with Crippen LogP contribution in [0, 0.1) is 11.7 Å². The van der Waals surface area contributed by atoms with Crippen molar-refractivity contribution in [2.75, 3.05) is 25.1 Å². The number of nitrogens with one attached hydrogen (secondary N) is 2. The first kappa shape index (κ1) is 15.7. The molecular formula is C14H22FN5O. The Morgan fingerprint density at radius 1 is 1.62 bits per heavy atom. The molecule has 0 saturated carbocycles. The van der Waals surface area contributed by atoms with E-state index in [0.717, 1.165) is 19.5 Å². The number of halogens is 1. The predicted molar refractivity (Wildman–Crippen MR) is 79.2 cm³/mol. The van der Waals surface area contributed by atoms with Crippen LogP contribution in [0.4, 0.5) is 10.2 Å². The van der Waals surface area contributed by atoms with Crippen LogP contribution in [0.2, 0.25) is 0 Å². The van der Waals surface area contributed by atoms with E-state index in [2.05, 4.69) is 34.5 Å². The molecule has 2 heterocycles. The number of carbonyl (C=O) groups is 1. The van der Waals surface area contributed by atoms with Gasteiger partial charge in [-0.15, -0.1) is 0 Å². The van der Waals surface area contributed by atoms with E-state index in [4.69, 9.17) is 5.84 Å². The molecule has 0 aromatic carbocycles. The molecule has 1 amide bonds. The summed E-state index contributed by atoms with van der Waals surface area (Å²) in [5, 5.41) is 2.79. The highest BCUT2D eigenvalue weighted by atomic mass is 19.1. The number of likely N-dealkylation sites (tertiary alicyclic amines) is 1. The first-order valence-corrected chi connectivity index (χ1v) is 7.16. The summed E-state index contributed by atoms with van der Waals surface area (Å²) in [6.45, 7) is 6.88. The minimum Gasteiger partial charge on any atom is -0.352 e. The number of aromatic nitrogens is 1. The van der Waals surface area contributed by atoms with E-state index >= 15 is 0 Å². The number of anilines is 1. The predicted octanol–water partition coefficient (Wildman–Crippen LogP) is 0.966. The standard InChI is InChI=1S/C14H22FN5O/c1-9(2)20-6-4-10(8-20)7-18-14(21)11-3-5-17-13(19-16)12(11)15/h3,5,9-10H,4,6-8,16H2,1-2H3,(H,17,19)(H,18,21). The van der Waals surface area contributed by atoms with E-state index in [9.17, 15) is 9.18 Å². The third-order valence-corrected chi connectivity index (χ3v) is 3.87. The second kappa shape index (κ2) is 6.82. The molecule has 1 atom stereocenters. The molecule has 1 aliphatic rings. The summed E-state index contributed by atoms with van der Waals surface area (Å²) in [4.78, 5) is 18.1. The van der Waals surface area contributed by atoms with Gasteiger partial charge in [0.25, 0.3) is 5.91 Å². The maximum Gasteiger partial charge on any atom is 0.254 e. The van der Waals surface area contributed by atoms with E-state index < -0.39 is 11.7 Å². The molecule has 21 heavy (non-hydrogen) atoms. The Labute approximate surface area is 123 Å². The first-order valence-electron chi connectivity index (χ1n) is 7.16. The van der Waals surface area contributed by atoms with Gasteiger partial charge >= 0.3 is 0 Å². The minimum absolute atomic E-state index is 0.0448. The van der Waals surface area contributed by atoms with Crippen LogP contribution >= 0.6 is 0 Å². The van der Waals surface area contributed by atoms with Gasteiger partial charge in [-0.05, 0) is 38.8 Å². The summed E-state index contributed by atoms with van der Waals surface area (Å²) in [5.41, 5.74) is 2.09. The van der Waals surface area contributed by atoms with Crippen LogP contribution in [0.3, 0.4) is 0 Å². The lowest BCUT2D eigenvalue weighted by molar-refractivity contribution is 0.0943. The highest BCUT2D eigenvalue weighted by Gasteiger charge is 2.25. The smallest absolute Gasteiger partial charge is 0.254 e. The van der Waals surface area contributed by atoms with Crippen molar-refractivity contribution in [3.8, 4) is 0 Å². The molecular weight excluding hydrogens is 273 g/mol. The van der Waals surface area contributed by atoms with Gasteiger partial charge in [-0.2, -0.15) is 0 Å². The maximum absolute atomic E-state index is 13.9. The molecule has 116 valence electrons. The number of amides is 1. The number of nitrogens with two attached hydrogens (primary N) is 1. The Morgan fingerprint density at radius 2 is 2.38 bits per heavy atom. The fraction of sp³-hybridized carbons (Fsp3) is 0.571. The summed E-state index contributed by atoms with van der Waals surface area (Å²) in [5.74, 6) is 4.26. The zero-order valence-electron chi connectivity index (χ0n) is 12.4.